The van der Waals surface area contributed by atoms with E-state index in [1.807, 2.05) is 25.1 Å². The summed E-state index contributed by atoms with van der Waals surface area (Å²) in [5.41, 5.74) is 1.27. The zero-order chi connectivity index (χ0) is 15.5. The number of carbonyl (C=O) groups excluding carboxylic acids is 1. The van der Waals surface area contributed by atoms with Crippen molar-refractivity contribution in [1.82, 2.24) is 0 Å². The molecule has 0 aliphatic heterocycles. The fourth-order valence-corrected chi connectivity index (χ4v) is 5.45. The molecule has 4 aliphatic carbocycles. The molecule has 1 aromatic rings. The summed E-state index contributed by atoms with van der Waals surface area (Å²) in [7, 11) is 0. The van der Waals surface area contributed by atoms with Crippen LogP contribution >= 0.6 is 0 Å². The molecule has 4 bridgehead atoms. The van der Waals surface area contributed by atoms with Crippen LogP contribution in [0.2, 0.25) is 0 Å². The lowest BCUT2D eigenvalue weighted by Crippen LogP contribution is -2.59. The lowest BCUT2D eigenvalue weighted by Gasteiger charge is -2.58. The molecule has 1 N–H and O–H groups in total. The summed E-state index contributed by atoms with van der Waals surface area (Å²) in [5.74, 6) is 1.51. The SMILES string of the molecule is Cc1ccc(OC(=O)C23C[C@@H]4C[C@@H](CC(O)(C4)C2)C3)cc1C. The molecule has 4 aliphatic rings. The highest BCUT2D eigenvalue weighted by molar-refractivity contribution is 5.80. The van der Waals surface area contributed by atoms with E-state index in [2.05, 4.69) is 6.92 Å². The molecule has 4 saturated carbocycles. The molecule has 5 rings (SSSR count). The third-order valence-electron chi connectivity index (χ3n) is 6.15. The van der Waals surface area contributed by atoms with Gasteiger partial charge in [-0.2, -0.15) is 0 Å². The number of ether oxygens (including phenoxy) is 1. The Hall–Kier alpha value is -1.35. The number of aryl methyl sites for hydroxylation is 2. The maximum atomic E-state index is 12.9. The number of benzene rings is 1. The minimum atomic E-state index is -0.619. The number of hydrogen-bond acceptors (Lipinski definition) is 3. The predicted molar refractivity (Wildman–Crippen MR) is 83.6 cm³/mol. The number of aliphatic hydroxyl groups is 1. The van der Waals surface area contributed by atoms with Crippen molar-refractivity contribution in [1.29, 1.82) is 0 Å². The van der Waals surface area contributed by atoms with Crippen LogP contribution in [0.5, 0.6) is 5.75 Å². The maximum absolute atomic E-state index is 12.9. The van der Waals surface area contributed by atoms with Gasteiger partial charge in [0.05, 0.1) is 11.0 Å². The van der Waals surface area contributed by atoms with E-state index in [9.17, 15) is 9.90 Å². The second kappa shape index (κ2) is 4.58. The Balaban J connectivity index is 1.58. The zero-order valence-electron chi connectivity index (χ0n) is 13.4. The fourth-order valence-electron chi connectivity index (χ4n) is 5.45. The first-order valence-electron chi connectivity index (χ1n) is 8.39. The second-order valence-electron chi connectivity index (χ2n) is 8.10. The molecule has 118 valence electrons. The van der Waals surface area contributed by atoms with Crippen LogP contribution in [0, 0.1) is 31.1 Å². The molecule has 1 aromatic carbocycles. The van der Waals surface area contributed by atoms with Gasteiger partial charge in [-0.25, -0.2) is 0 Å². The van der Waals surface area contributed by atoms with E-state index in [1.165, 1.54) is 12.0 Å². The van der Waals surface area contributed by atoms with Crippen molar-refractivity contribution >= 4 is 5.97 Å². The minimum absolute atomic E-state index is 0.122. The van der Waals surface area contributed by atoms with Gasteiger partial charge < -0.3 is 9.84 Å². The Morgan fingerprint density at radius 2 is 1.82 bits per heavy atom. The molecule has 3 nitrogen and oxygen atoms in total. The lowest BCUT2D eigenvalue weighted by atomic mass is 9.48. The smallest absolute Gasteiger partial charge is 0.317 e. The maximum Gasteiger partial charge on any atom is 0.317 e. The van der Waals surface area contributed by atoms with Gasteiger partial charge >= 0.3 is 5.97 Å². The van der Waals surface area contributed by atoms with Crippen LogP contribution in [-0.4, -0.2) is 16.7 Å². The first-order valence-corrected chi connectivity index (χ1v) is 8.39. The van der Waals surface area contributed by atoms with Gasteiger partial charge in [0.15, 0.2) is 0 Å². The molecular weight excluding hydrogens is 276 g/mol. The number of hydrogen-bond donors (Lipinski definition) is 1. The highest BCUT2D eigenvalue weighted by atomic mass is 16.5. The Bertz CT molecular complexity index is 620. The Morgan fingerprint density at radius 3 is 2.41 bits per heavy atom. The van der Waals surface area contributed by atoms with Crippen LogP contribution in [0.3, 0.4) is 0 Å². The molecule has 0 saturated heterocycles. The van der Waals surface area contributed by atoms with Crippen LogP contribution < -0.4 is 4.74 Å². The third-order valence-corrected chi connectivity index (χ3v) is 6.15. The summed E-state index contributed by atoms with van der Waals surface area (Å²) in [6.45, 7) is 4.08. The van der Waals surface area contributed by atoms with E-state index in [0.717, 1.165) is 31.2 Å². The Morgan fingerprint density at radius 1 is 1.14 bits per heavy atom. The van der Waals surface area contributed by atoms with Gasteiger partial charge in [0.25, 0.3) is 0 Å². The molecule has 0 heterocycles. The van der Waals surface area contributed by atoms with E-state index < -0.39 is 11.0 Å². The van der Waals surface area contributed by atoms with Gasteiger partial charge in [0.2, 0.25) is 0 Å². The molecule has 3 heteroatoms. The topological polar surface area (TPSA) is 46.5 Å². The van der Waals surface area contributed by atoms with Gasteiger partial charge in [-0.1, -0.05) is 6.07 Å². The van der Waals surface area contributed by atoms with Gasteiger partial charge in [-0.3, -0.25) is 4.79 Å². The van der Waals surface area contributed by atoms with E-state index in [-0.39, 0.29) is 5.97 Å². The standard InChI is InChI=1S/C19H24O3/c1-12-3-4-16(5-13(12)2)22-17(20)18-7-14-6-15(8-18)10-19(21,9-14)11-18/h3-5,14-15,21H,6-11H2,1-2H3/t14-,15+,18?,19?. The van der Waals surface area contributed by atoms with E-state index in [1.54, 1.807) is 0 Å². The monoisotopic (exact) mass is 300 g/mol. The third kappa shape index (κ3) is 2.18. The molecule has 0 spiro atoms. The Labute approximate surface area is 131 Å². The van der Waals surface area contributed by atoms with E-state index in [0.29, 0.717) is 24.0 Å². The van der Waals surface area contributed by atoms with Crippen LogP contribution in [0.1, 0.15) is 49.7 Å². The van der Waals surface area contributed by atoms with Gasteiger partial charge in [0, 0.05) is 0 Å². The summed E-state index contributed by atoms with van der Waals surface area (Å²) in [6.07, 6.45) is 5.33. The van der Waals surface area contributed by atoms with Crippen molar-refractivity contribution in [2.45, 2.75) is 58.0 Å². The highest BCUT2D eigenvalue weighted by Gasteiger charge is 2.61. The molecule has 4 fully saturated rings. The predicted octanol–water partition coefficient (Wildman–Crippen LogP) is 3.54. The molecular formula is C19H24O3. The van der Waals surface area contributed by atoms with Gasteiger partial charge in [0.1, 0.15) is 5.75 Å². The van der Waals surface area contributed by atoms with Crippen molar-refractivity contribution in [2.24, 2.45) is 17.3 Å². The average molecular weight is 300 g/mol. The summed E-state index contributed by atoms with van der Waals surface area (Å²) in [4.78, 5) is 12.9. The summed E-state index contributed by atoms with van der Waals surface area (Å²) in [5, 5.41) is 10.8. The summed E-state index contributed by atoms with van der Waals surface area (Å²) >= 11 is 0. The van der Waals surface area contributed by atoms with Gasteiger partial charge in [-0.15, -0.1) is 0 Å². The minimum Gasteiger partial charge on any atom is -0.426 e. The van der Waals surface area contributed by atoms with Gasteiger partial charge in [-0.05, 0) is 87.5 Å². The highest BCUT2D eigenvalue weighted by Crippen LogP contribution is 2.61. The van der Waals surface area contributed by atoms with Crippen molar-refractivity contribution < 1.29 is 14.6 Å². The first-order chi connectivity index (χ1) is 10.4. The number of carbonyl (C=O) groups is 1. The average Bonchev–Trinajstić information content (AvgIpc) is 2.40. The molecule has 0 amide bonds. The van der Waals surface area contributed by atoms with Crippen molar-refractivity contribution in [3.05, 3.63) is 29.3 Å². The van der Waals surface area contributed by atoms with Crippen LogP contribution in [0.25, 0.3) is 0 Å². The summed E-state index contributed by atoms with van der Waals surface area (Å²) in [6, 6.07) is 5.79. The van der Waals surface area contributed by atoms with Crippen LogP contribution in [0.15, 0.2) is 18.2 Å². The largest absolute Gasteiger partial charge is 0.426 e. The molecule has 4 atom stereocenters. The number of rotatable bonds is 2. The van der Waals surface area contributed by atoms with Crippen LogP contribution in [-0.2, 0) is 4.79 Å². The van der Waals surface area contributed by atoms with Crippen molar-refractivity contribution in [2.75, 3.05) is 0 Å². The van der Waals surface area contributed by atoms with Crippen LogP contribution in [0.4, 0.5) is 0 Å². The van der Waals surface area contributed by atoms with E-state index in [4.69, 9.17) is 4.74 Å². The molecule has 0 aromatic heterocycles. The fraction of sp³-hybridized carbons (Fsp3) is 0.632. The molecule has 0 radical (unpaired) electrons. The zero-order valence-corrected chi connectivity index (χ0v) is 13.4. The van der Waals surface area contributed by atoms with Crippen molar-refractivity contribution in [3.63, 3.8) is 0 Å². The quantitative estimate of drug-likeness (QED) is 0.671. The normalized spacial score (nSPS) is 39.0. The molecule has 2 unspecified atom stereocenters. The second-order valence-corrected chi connectivity index (χ2v) is 8.10. The Kier molecular flexibility index (Phi) is 2.96. The summed E-state index contributed by atoms with van der Waals surface area (Å²) < 4.78 is 5.73. The number of esters is 1. The van der Waals surface area contributed by atoms with Crippen molar-refractivity contribution in [3.8, 4) is 5.75 Å². The van der Waals surface area contributed by atoms with E-state index >= 15 is 0 Å². The lowest BCUT2D eigenvalue weighted by molar-refractivity contribution is -0.188. The first kappa shape index (κ1) is 14.3. The molecule has 22 heavy (non-hydrogen) atoms.